The molecule has 1 N–H and O–H groups in total. The van der Waals surface area contributed by atoms with Gasteiger partial charge in [-0.1, -0.05) is 44.2 Å². The first-order valence-electron chi connectivity index (χ1n) is 14.0. The van der Waals surface area contributed by atoms with E-state index in [4.69, 9.17) is 23.8 Å². The van der Waals surface area contributed by atoms with Crippen LogP contribution in [-0.4, -0.2) is 72.4 Å². The summed E-state index contributed by atoms with van der Waals surface area (Å²) in [5, 5.41) is 15.6. The topological polar surface area (TPSA) is 139 Å². The molecule has 3 rings (SSSR count). The van der Waals surface area contributed by atoms with E-state index >= 15 is 0 Å². The van der Waals surface area contributed by atoms with Crippen LogP contribution in [0.4, 0.5) is 15.3 Å². The van der Waals surface area contributed by atoms with E-state index in [-0.39, 0.29) is 24.8 Å². The standard InChI is InChI=1S/C30H41N3O9/c1-21(2)18-32(42-24-13-11-23(12-14-24)33(36)37)19-27(40-29(35)39-25-15-16-38-20-25)26(17-22-9-7-6-8-10-22)31-28(34)41-30(3,4)5/h6-14,21,25-27H,15-20H2,1-5H3,(H,31,34). The van der Waals surface area contributed by atoms with E-state index in [0.717, 1.165) is 5.56 Å². The van der Waals surface area contributed by atoms with Crippen molar-refractivity contribution >= 4 is 17.9 Å². The van der Waals surface area contributed by atoms with Crippen molar-refractivity contribution in [3.8, 4) is 5.75 Å². The van der Waals surface area contributed by atoms with Crippen LogP contribution in [0.15, 0.2) is 54.6 Å². The molecule has 12 nitrogen and oxygen atoms in total. The summed E-state index contributed by atoms with van der Waals surface area (Å²) in [6, 6.07) is 14.4. The molecule has 1 fully saturated rings. The Labute approximate surface area is 246 Å². The third-order valence-corrected chi connectivity index (χ3v) is 6.08. The minimum absolute atomic E-state index is 0.0404. The second-order valence-electron chi connectivity index (χ2n) is 11.5. The van der Waals surface area contributed by atoms with Gasteiger partial charge in [0.2, 0.25) is 0 Å². The average Bonchev–Trinajstić information content (AvgIpc) is 3.40. The van der Waals surface area contributed by atoms with Crippen molar-refractivity contribution in [2.45, 2.75) is 71.3 Å². The van der Waals surface area contributed by atoms with Crippen molar-refractivity contribution in [2.75, 3.05) is 26.3 Å². The Morgan fingerprint density at radius 2 is 1.79 bits per heavy atom. The Morgan fingerprint density at radius 1 is 1.10 bits per heavy atom. The van der Waals surface area contributed by atoms with Crippen molar-refractivity contribution in [1.29, 1.82) is 0 Å². The smallest absolute Gasteiger partial charge is 0.444 e. The maximum atomic E-state index is 13.0. The number of ether oxygens (including phenoxy) is 4. The van der Waals surface area contributed by atoms with E-state index < -0.39 is 41.0 Å². The molecule has 1 aliphatic rings. The lowest BCUT2D eigenvalue weighted by molar-refractivity contribution is -0.384. The van der Waals surface area contributed by atoms with E-state index in [2.05, 4.69) is 5.32 Å². The van der Waals surface area contributed by atoms with Crippen LogP contribution in [0.5, 0.6) is 5.75 Å². The summed E-state index contributed by atoms with van der Waals surface area (Å²) in [7, 11) is 0. The van der Waals surface area contributed by atoms with Gasteiger partial charge in [0.1, 0.15) is 23.6 Å². The molecule has 2 aromatic carbocycles. The Morgan fingerprint density at radius 3 is 2.36 bits per heavy atom. The molecule has 230 valence electrons. The van der Waals surface area contributed by atoms with Gasteiger partial charge < -0.3 is 29.1 Å². The number of nitro benzene ring substituents is 1. The number of carbonyl (C=O) groups is 2. The number of non-ortho nitro benzene ring substituents is 1. The van der Waals surface area contributed by atoms with Crippen LogP contribution < -0.4 is 10.2 Å². The fourth-order valence-electron chi connectivity index (χ4n) is 4.28. The lowest BCUT2D eigenvalue weighted by Crippen LogP contribution is -2.53. The molecule has 0 radical (unpaired) electrons. The molecule has 12 heteroatoms. The van der Waals surface area contributed by atoms with Gasteiger partial charge in [-0.05, 0) is 50.8 Å². The molecule has 0 aliphatic carbocycles. The summed E-state index contributed by atoms with van der Waals surface area (Å²) in [6.07, 6.45) is -2.04. The number of rotatable bonds is 13. The highest BCUT2D eigenvalue weighted by atomic mass is 16.7. The van der Waals surface area contributed by atoms with Gasteiger partial charge in [0.05, 0.1) is 30.7 Å². The van der Waals surface area contributed by atoms with E-state index in [0.29, 0.717) is 31.7 Å². The van der Waals surface area contributed by atoms with Crippen LogP contribution in [-0.2, 0) is 25.4 Å². The molecule has 2 aromatic rings. The number of nitrogens with zero attached hydrogens (tertiary/aromatic N) is 2. The summed E-state index contributed by atoms with van der Waals surface area (Å²) in [5.41, 5.74) is 0.0838. The Balaban J connectivity index is 1.90. The van der Waals surface area contributed by atoms with Crippen molar-refractivity contribution in [3.63, 3.8) is 0 Å². The van der Waals surface area contributed by atoms with Gasteiger partial charge in [-0.3, -0.25) is 10.1 Å². The van der Waals surface area contributed by atoms with Crippen LogP contribution in [0.3, 0.4) is 0 Å². The number of carbonyl (C=O) groups excluding carboxylic acids is 2. The second-order valence-corrected chi connectivity index (χ2v) is 11.5. The molecule has 1 aliphatic heterocycles. The summed E-state index contributed by atoms with van der Waals surface area (Å²) in [4.78, 5) is 42.6. The van der Waals surface area contributed by atoms with Crippen molar-refractivity contribution < 1.29 is 38.3 Å². The number of benzene rings is 2. The average molecular weight is 588 g/mol. The second kappa shape index (κ2) is 15.4. The molecule has 1 saturated heterocycles. The van der Waals surface area contributed by atoms with Crippen LogP contribution in [0.25, 0.3) is 0 Å². The summed E-state index contributed by atoms with van der Waals surface area (Å²) in [6.45, 7) is 10.5. The quantitative estimate of drug-likeness (QED) is 0.187. The zero-order valence-electron chi connectivity index (χ0n) is 24.8. The van der Waals surface area contributed by atoms with Gasteiger partial charge in [0.25, 0.3) is 5.69 Å². The first-order chi connectivity index (χ1) is 19.9. The van der Waals surface area contributed by atoms with Crippen LogP contribution >= 0.6 is 0 Å². The van der Waals surface area contributed by atoms with E-state index in [1.807, 2.05) is 44.2 Å². The fraction of sp³-hybridized carbons (Fsp3) is 0.533. The third kappa shape index (κ3) is 11.5. The minimum atomic E-state index is -0.940. The van der Waals surface area contributed by atoms with E-state index in [1.165, 1.54) is 24.3 Å². The largest absolute Gasteiger partial charge is 0.509 e. The van der Waals surface area contributed by atoms with E-state index in [1.54, 1.807) is 25.8 Å². The SMILES string of the molecule is CC(C)CN(CC(OC(=O)OC1CCOC1)C(Cc1ccccc1)NC(=O)OC(C)(C)C)Oc1ccc([N+](=O)[O-])cc1. The number of amides is 1. The predicted molar refractivity (Wildman–Crippen MR) is 154 cm³/mol. The third-order valence-electron chi connectivity index (χ3n) is 6.08. The maximum absolute atomic E-state index is 13.0. The number of nitro groups is 1. The lowest BCUT2D eigenvalue weighted by atomic mass is 10.0. The van der Waals surface area contributed by atoms with Crippen LogP contribution in [0.2, 0.25) is 0 Å². The number of hydrogen-bond acceptors (Lipinski definition) is 10. The summed E-state index contributed by atoms with van der Waals surface area (Å²) < 4.78 is 22.2. The van der Waals surface area contributed by atoms with Gasteiger partial charge >= 0.3 is 12.2 Å². The van der Waals surface area contributed by atoms with Gasteiger partial charge in [-0.25, -0.2) is 9.59 Å². The normalized spacial score (nSPS) is 16.5. The highest BCUT2D eigenvalue weighted by Gasteiger charge is 2.33. The van der Waals surface area contributed by atoms with Crippen LogP contribution in [0, 0.1) is 16.0 Å². The number of hydrogen-bond donors (Lipinski definition) is 1. The molecule has 0 aromatic heterocycles. The van der Waals surface area contributed by atoms with Gasteiger partial charge in [-0.15, -0.1) is 5.06 Å². The van der Waals surface area contributed by atoms with Crippen molar-refractivity contribution in [2.24, 2.45) is 5.92 Å². The van der Waals surface area contributed by atoms with Gasteiger partial charge in [0, 0.05) is 25.1 Å². The summed E-state index contributed by atoms with van der Waals surface area (Å²) >= 11 is 0. The molecule has 3 atom stereocenters. The summed E-state index contributed by atoms with van der Waals surface area (Å²) in [5.74, 6) is 0.503. The molecule has 1 amide bonds. The van der Waals surface area contributed by atoms with Gasteiger partial charge in [0.15, 0.2) is 0 Å². The molecule has 1 heterocycles. The van der Waals surface area contributed by atoms with Gasteiger partial charge in [-0.2, -0.15) is 0 Å². The molecule has 0 saturated carbocycles. The maximum Gasteiger partial charge on any atom is 0.509 e. The number of alkyl carbamates (subject to hydrolysis) is 1. The Kier molecular flexibility index (Phi) is 11.9. The van der Waals surface area contributed by atoms with Crippen molar-refractivity contribution in [1.82, 2.24) is 10.4 Å². The van der Waals surface area contributed by atoms with Crippen molar-refractivity contribution in [3.05, 3.63) is 70.3 Å². The molecule has 0 bridgehead atoms. The Bertz CT molecular complexity index is 1150. The van der Waals surface area contributed by atoms with E-state index in [9.17, 15) is 19.7 Å². The fourth-order valence-corrected chi connectivity index (χ4v) is 4.28. The minimum Gasteiger partial charge on any atom is -0.444 e. The lowest BCUT2D eigenvalue weighted by Gasteiger charge is -2.33. The molecule has 0 spiro atoms. The highest BCUT2D eigenvalue weighted by molar-refractivity contribution is 5.68. The Hall–Kier alpha value is -3.90. The first-order valence-corrected chi connectivity index (χ1v) is 14.0. The monoisotopic (exact) mass is 587 g/mol. The van der Waals surface area contributed by atoms with Crippen LogP contribution in [0.1, 0.15) is 46.6 Å². The molecule has 3 unspecified atom stereocenters. The molecular formula is C30H41N3O9. The molecular weight excluding hydrogens is 546 g/mol. The highest BCUT2D eigenvalue weighted by Crippen LogP contribution is 2.21. The predicted octanol–water partition coefficient (Wildman–Crippen LogP) is 5.29. The zero-order chi connectivity index (χ0) is 30.7. The number of nitrogens with one attached hydrogen (secondary N) is 1. The zero-order valence-corrected chi connectivity index (χ0v) is 24.8. The number of hydroxylamine groups is 2. The molecule has 42 heavy (non-hydrogen) atoms. The first kappa shape index (κ1) is 32.6.